The minimum Gasteiger partial charge on any atom is -0.472 e. The number of β-amino-alcohol motifs (C(OH)–C–C–N with tert-alkyl or cyclic N) is 1. The highest BCUT2D eigenvalue weighted by atomic mass is 32.1. The van der Waals surface area contributed by atoms with Gasteiger partial charge in [-0.1, -0.05) is 0 Å². The van der Waals surface area contributed by atoms with Gasteiger partial charge in [0.25, 0.3) is 5.88 Å². The van der Waals surface area contributed by atoms with Crippen molar-refractivity contribution >= 4 is 17.5 Å². The molecule has 2 heterocycles. The Morgan fingerprint density at radius 2 is 2.38 bits per heavy atom. The first-order valence-corrected chi connectivity index (χ1v) is 5.75. The summed E-state index contributed by atoms with van der Waals surface area (Å²) in [6.45, 7) is -35.5. The average Bonchev–Trinajstić information content (AvgIpc) is 3.13. The number of aliphatic hydroxyl groups is 1. The number of aromatic nitrogens is 2. The molecule has 8 heteroatoms. The fourth-order valence-corrected chi connectivity index (χ4v) is 1.42. The molecule has 0 saturated carbocycles. The van der Waals surface area contributed by atoms with Crippen LogP contribution in [0.2, 0.25) is 0 Å². The SMILES string of the molecule is [2H]C([2H])([2H])C(NC([2H])([2H])[C@@]([2H])(O)C([2H])([2H])Oc1nsnc1N1C([2H])([2H])C([2H])([2H])OC([2H])([2H])C1([2H])[2H])(C([2H])([2H])[2H])C([2H])([2H])[2H]. The van der Waals surface area contributed by atoms with Gasteiger partial charge in [-0.2, -0.15) is 4.37 Å². The van der Waals surface area contributed by atoms with Crippen LogP contribution in [0.3, 0.4) is 0 Å². The molecular formula is C13H24N4O3S. The Hall–Kier alpha value is -0.960. The van der Waals surface area contributed by atoms with E-state index in [9.17, 15) is 5.11 Å². The van der Waals surface area contributed by atoms with E-state index in [2.05, 4.69) is 13.5 Å². The largest absolute Gasteiger partial charge is 0.472 e. The van der Waals surface area contributed by atoms with Crippen LogP contribution in [0.15, 0.2) is 0 Å². The fraction of sp³-hybridized carbons (Fsp3) is 0.846. The van der Waals surface area contributed by atoms with E-state index in [1.807, 2.05) is 0 Å². The van der Waals surface area contributed by atoms with Crippen molar-refractivity contribution in [2.24, 2.45) is 0 Å². The first-order chi connectivity index (χ1) is 18.5. The predicted molar refractivity (Wildman–Crippen MR) is 82.2 cm³/mol. The van der Waals surface area contributed by atoms with Crippen LogP contribution in [0.1, 0.15) is 50.7 Å². The van der Waals surface area contributed by atoms with Crippen LogP contribution in [0.4, 0.5) is 5.82 Å². The number of ether oxygens (including phenoxy) is 2. The van der Waals surface area contributed by atoms with Gasteiger partial charge < -0.3 is 24.8 Å². The molecule has 0 aromatic carbocycles. The van der Waals surface area contributed by atoms with Gasteiger partial charge in [0.2, 0.25) is 5.82 Å². The lowest BCUT2D eigenvalue weighted by molar-refractivity contribution is 0.0975. The van der Waals surface area contributed by atoms with E-state index < -0.39 is 83.0 Å². The van der Waals surface area contributed by atoms with Crippen LogP contribution in [-0.4, -0.2) is 64.6 Å². The lowest BCUT2D eigenvalue weighted by Crippen LogP contribution is -2.42. The van der Waals surface area contributed by atoms with Crippen molar-refractivity contribution in [1.82, 2.24) is 14.1 Å². The molecule has 2 N–H and O–H groups in total. The third-order valence-electron chi connectivity index (χ3n) is 1.68. The normalized spacial score (nSPS) is 47.6. The fourth-order valence-electron chi connectivity index (χ4n) is 0.948. The van der Waals surface area contributed by atoms with E-state index >= 15 is 0 Å². The zero-order valence-corrected chi connectivity index (χ0v) is 10.8. The highest BCUT2D eigenvalue weighted by Gasteiger charge is 2.21. The highest BCUT2D eigenvalue weighted by molar-refractivity contribution is 6.99. The molecule has 0 amide bonds. The molecule has 0 aliphatic carbocycles. The summed E-state index contributed by atoms with van der Waals surface area (Å²) in [6.07, 6.45) is -4.51. The average molecular weight is 339 g/mol. The van der Waals surface area contributed by atoms with Crippen LogP contribution in [0.5, 0.6) is 5.88 Å². The quantitative estimate of drug-likeness (QED) is 0.782. The number of nitrogens with zero attached hydrogens (tertiary/aromatic N) is 3. The molecule has 1 saturated heterocycles. The summed E-state index contributed by atoms with van der Waals surface area (Å²) in [4.78, 5) is -0.308. The van der Waals surface area contributed by atoms with Gasteiger partial charge >= 0.3 is 0 Å². The number of rotatable bonds is 6. The Labute approximate surface area is 160 Å². The van der Waals surface area contributed by atoms with E-state index in [-0.39, 0.29) is 16.6 Å². The molecule has 1 aromatic rings. The molecule has 0 radical (unpaired) electrons. The van der Waals surface area contributed by atoms with E-state index in [0.29, 0.717) is 0 Å². The van der Waals surface area contributed by atoms with Crippen LogP contribution in [-0.2, 0) is 4.74 Å². The molecule has 120 valence electrons. The van der Waals surface area contributed by atoms with Crippen molar-refractivity contribution in [2.45, 2.75) is 32.2 Å². The van der Waals surface area contributed by atoms with Crippen LogP contribution in [0.25, 0.3) is 0 Å². The van der Waals surface area contributed by atoms with Gasteiger partial charge in [0.15, 0.2) is 0 Å². The molecule has 2 rings (SSSR count). The maximum atomic E-state index is 10.7. The first-order valence-electron chi connectivity index (χ1n) is 16.0. The molecular weight excluding hydrogens is 292 g/mol. The van der Waals surface area contributed by atoms with Crippen LogP contribution in [0, 0.1) is 0 Å². The molecule has 0 unspecified atom stereocenters. The number of anilines is 1. The summed E-state index contributed by atoms with van der Waals surface area (Å²) in [5.41, 5.74) is -4.22. The Bertz CT molecular complexity index is 1130. The summed E-state index contributed by atoms with van der Waals surface area (Å²) in [7, 11) is 0. The van der Waals surface area contributed by atoms with Gasteiger partial charge in [0.05, 0.1) is 39.9 Å². The minimum atomic E-state index is -4.51. The van der Waals surface area contributed by atoms with Crippen LogP contribution >= 0.6 is 11.7 Å². The lowest BCUT2D eigenvalue weighted by Gasteiger charge is -2.27. The molecule has 0 spiro atoms. The Morgan fingerprint density at radius 1 is 1.62 bits per heavy atom. The van der Waals surface area contributed by atoms with E-state index in [0.717, 1.165) is 5.32 Å². The third-order valence-corrected chi connectivity index (χ3v) is 2.19. The van der Waals surface area contributed by atoms with Crippen molar-refractivity contribution in [3.63, 3.8) is 0 Å². The maximum absolute atomic E-state index is 10.7. The van der Waals surface area contributed by atoms with Gasteiger partial charge in [-0.05, 0) is 20.6 Å². The second-order valence-corrected chi connectivity index (χ2v) is 3.84. The van der Waals surface area contributed by atoms with Crippen molar-refractivity contribution in [2.75, 3.05) is 44.1 Å². The lowest BCUT2D eigenvalue weighted by atomic mass is 10.1. The molecule has 1 fully saturated rings. The third kappa shape index (κ3) is 5.39. The summed E-state index contributed by atoms with van der Waals surface area (Å²) in [5.74, 6) is -2.66. The van der Waals surface area contributed by atoms with E-state index in [1.54, 1.807) is 0 Å². The second kappa shape index (κ2) is 7.35. The summed E-state index contributed by atoms with van der Waals surface area (Å²) in [5, 5.41) is 11.8. The maximum Gasteiger partial charge on any atom is 0.270 e. The zero-order chi connectivity index (χ0) is 34.5. The first kappa shape index (κ1) is 3.92. The topological polar surface area (TPSA) is 79.7 Å². The van der Waals surface area contributed by atoms with Crippen molar-refractivity contribution in [3.8, 4) is 5.88 Å². The number of nitrogens with one attached hydrogen (secondary N) is 1. The molecule has 21 heavy (non-hydrogen) atoms. The highest BCUT2D eigenvalue weighted by Crippen LogP contribution is 2.26. The van der Waals surface area contributed by atoms with E-state index in [1.165, 1.54) is 0 Å². The second-order valence-electron chi connectivity index (χ2n) is 3.31. The number of morpholine rings is 1. The monoisotopic (exact) mass is 338 g/mol. The van der Waals surface area contributed by atoms with Gasteiger partial charge in [0, 0.05) is 40.1 Å². The van der Waals surface area contributed by atoms with Crippen molar-refractivity contribution in [1.29, 1.82) is 0 Å². The van der Waals surface area contributed by atoms with Gasteiger partial charge in [-0.15, -0.1) is 4.37 Å². The summed E-state index contributed by atoms with van der Waals surface area (Å²) >= 11 is 0.0128. The van der Waals surface area contributed by atoms with Crippen molar-refractivity contribution in [3.05, 3.63) is 0 Å². The number of hydrogen-bond acceptors (Lipinski definition) is 8. The Morgan fingerprint density at radius 3 is 3.10 bits per heavy atom. The number of hydrogen-bond donors (Lipinski definition) is 2. The predicted octanol–water partition coefficient (Wildman–Crippen LogP) is 0.502. The molecule has 1 aliphatic rings. The standard InChI is InChI=1S/C13H24N4O3S/c1-13(2,3)14-8-10(18)9-20-12-11(15-21-16-12)17-4-6-19-7-5-17/h10,14,18H,4-9H2,1-3H3/t10-/m1/s1/i1D3,2D3,3D3,4D2,5D2,6D2,7D2,8D2,9D2,10D. The molecule has 7 nitrogen and oxygen atoms in total. The smallest absolute Gasteiger partial charge is 0.270 e. The van der Waals surface area contributed by atoms with Crippen LogP contribution < -0.4 is 15.0 Å². The molecule has 1 aliphatic heterocycles. The molecule has 0 bridgehead atoms. The Kier molecular flexibility index (Phi) is 1.37. The Balaban J connectivity index is 2.68. The van der Waals surface area contributed by atoms with Gasteiger partial charge in [-0.3, -0.25) is 0 Å². The molecule has 1 aromatic heterocycles. The zero-order valence-electron chi connectivity index (χ0n) is 32.0. The van der Waals surface area contributed by atoms with Gasteiger partial charge in [0.1, 0.15) is 12.6 Å². The summed E-state index contributed by atoms with van der Waals surface area (Å²) < 4.78 is 188. The molecule has 1 atom stereocenters. The summed E-state index contributed by atoms with van der Waals surface area (Å²) in [6, 6.07) is 0. The van der Waals surface area contributed by atoms with Crippen molar-refractivity contribution < 1.29 is 44.7 Å². The van der Waals surface area contributed by atoms with Gasteiger partial charge in [-0.25, -0.2) is 0 Å². The van der Waals surface area contributed by atoms with E-state index in [4.69, 9.17) is 34.9 Å². The minimum absolute atomic E-state index is 0.0128.